The number of fused-ring (bicyclic) bond motifs is 1. The fraction of sp³-hybridized carbons (Fsp3) is 0.286. The standard InChI is InChI=1S/C7H7N3O/c1-4-5-2-8-9-3-6(5)10-7(4)11/h2-4H,1H3,(H,10,11). The molecule has 0 aliphatic carbocycles. The molecule has 1 aromatic rings. The van der Waals surface area contributed by atoms with E-state index in [0.717, 1.165) is 11.3 Å². The van der Waals surface area contributed by atoms with E-state index in [1.54, 1.807) is 12.4 Å². The first kappa shape index (κ1) is 6.27. The highest BCUT2D eigenvalue weighted by molar-refractivity contribution is 6.02. The molecule has 2 rings (SSSR count). The second kappa shape index (κ2) is 2.02. The maximum Gasteiger partial charge on any atom is 0.231 e. The summed E-state index contributed by atoms with van der Waals surface area (Å²) in [5.74, 6) is -0.0599. The van der Waals surface area contributed by atoms with Gasteiger partial charge >= 0.3 is 0 Å². The molecule has 11 heavy (non-hydrogen) atoms. The smallest absolute Gasteiger partial charge is 0.231 e. The predicted octanol–water partition coefficient (Wildman–Crippen LogP) is 0.532. The van der Waals surface area contributed by atoms with E-state index in [9.17, 15) is 4.79 Å². The molecule has 1 atom stereocenters. The number of carbonyl (C=O) groups excluding carboxylic acids is 1. The van der Waals surface area contributed by atoms with Gasteiger partial charge in [0.2, 0.25) is 5.91 Å². The minimum Gasteiger partial charge on any atom is -0.324 e. The number of aromatic nitrogens is 2. The fourth-order valence-electron chi connectivity index (χ4n) is 1.16. The summed E-state index contributed by atoms with van der Waals surface area (Å²) in [4.78, 5) is 11.1. The van der Waals surface area contributed by atoms with E-state index in [2.05, 4.69) is 15.5 Å². The third kappa shape index (κ3) is 0.790. The number of nitrogens with zero attached hydrogens (tertiary/aromatic N) is 2. The molecule has 0 aromatic carbocycles. The monoisotopic (exact) mass is 149 g/mol. The van der Waals surface area contributed by atoms with E-state index in [0.29, 0.717) is 0 Å². The Hall–Kier alpha value is -1.45. The lowest BCUT2D eigenvalue weighted by Gasteiger charge is -1.95. The number of hydrogen-bond donors (Lipinski definition) is 1. The minimum absolute atomic E-state index is 0.0230. The third-order valence-electron chi connectivity index (χ3n) is 1.88. The number of carbonyl (C=O) groups is 1. The van der Waals surface area contributed by atoms with Crippen LogP contribution in [-0.4, -0.2) is 16.1 Å². The highest BCUT2D eigenvalue weighted by atomic mass is 16.2. The van der Waals surface area contributed by atoms with Crippen LogP contribution in [0.25, 0.3) is 0 Å². The number of rotatable bonds is 0. The molecule has 2 heterocycles. The predicted molar refractivity (Wildman–Crippen MR) is 39.1 cm³/mol. The largest absolute Gasteiger partial charge is 0.324 e. The number of hydrogen-bond acceptors (Lipinski definition) is 3. The van der Waals surface area contributed by atoms with E-state index >= 15 is 0 Å². The second-order valence-electron chi connectivity index (χ2n) is 2.57. The molecule has 0 radical (unpaired) electrons. The van der Waals surface area contributed by atoms with Crippen LogP contribution in [0.15, 0.2) is 12.4 Å². The van der Waals surface area contributed by atoms with Crippen molar-refractivity contribution in [2.24, 2.45) is 0 Å². The van der Waals surface area contributed by atoms with Crippen LogP contribution in [0.1, 0.15) is 18.4 Å². The van der Waals surface area contributed by atoms with Gasteiger partial charge in [0.1, 0.15) is 0 Å². The normalized spacial score (nSPS) is 21.2. The van der Waals surface area contributed by atoms with Crippen LogP contribution in [-0.2, 0) is 4.79 Å². The Morgan fingerprint density at radius 3 is 2.91 bits per heavy atom. The van der Waals surface area contributed by atoms with Gasteiger partial charge in [0.15, 0.2) is 0 Å². The van der Waals surface area contributed by atoms with Crippen molar-refractivity contribution in [2.75, 3.05) is 5.32 Å². The molecule has 0 fully saturated rings. The zero-order valence-corrected chi connectivity index (χ0v) is 6.03. The molecule has 1 aliphatic heterocycles. The molecule has 0 bridgehead atoms. The third-order valence-corrected chi connectivity index (χ3v) is 1.88. The molecule has 1 aliphatic rings. The molecular formula is C7H7N3O. The van der Waals surface area contributed by atoms with Crippen molar-refractivity contribution in [1.82, 2.24) is 10.2 Å². The summed E-state index contributed by atoms with van der Waals surface area (Å²) >= 11 is 0. The molecule has 0 spiro atoms. The van der Waals surface area contributed by atoms with Gasteiger partial charge in [-0.3, -0.25) is 4.79 Å². The molecule has 1 unspecified atom stereocenters. The van der Waals surface area contributed by atoms with Crippen LogP contribution in [0, 0.1) is 0 Å². The van der Waals surface area contributed by atoms with Crippen molar-refractivity contribution >= 4 is 11.6 Å². The Labute approximate surface area is 63.6 Å². The molecule has 0 saturated carbocycles. The number of anilines is 1. The summed E-state index contributed by atoms with van der Waals surface area (Å²) in [5.41, 5.74) is 1.72. The molecule has 0 saturated heterocycles. The summed E-state index contributed by atoms with van der Waals surface area (Å²) in [5, 5.41) is 10.1. The van der Waals surface area contributed by atoms with Gasteiger partial charge in [-0.15, -0.1) is 0 Å². The van der Waals surface area contributed by atoms with Crippen molar-refractivity contribution in [1.29, 1.82) is 0 Å². The van der Waals surface area contributed by atoms with Gasteiger partial charge in [0, 0.05) is 5.56 Å². The van der Waals surface area contributed by atoms with Crippen molar-refractivity contribution in [3.63, 3.8) is 0 Å². The Bertz CT molecular complexity index is 310. The molecule has 4 heteroatoms. The van der Waals surface area contributed by atoms with Gasteiger partial charge < -0.3 is 5.32 Å². The molecule has 1 aromatic heterocycles. The van der Waals surface area contributed by atoms with Crippen LogP contribution in [0.3, 0.4) is 0 Å². The van der Waals surface area contributed by atoms with E-state index in [4.69, 9.17) is 0 Å². The average Bonchev–Trinajstić information content (AvgIpc) is 2.30. The van der Waals surface area contributed by atoms with Gasteiger partial charge in [0.05, 0.1) is 24.0 Å². The Morgan fingerprint density at radius 1 is 1.45 bits per heavy atom. The molecule has 56 valence electrons. The van der Waals surface area contributed by atoms with Crippen molar-refractivity contribution in [2.45, 2.75) is 12.8 Å². The second-order valence-corrected chi connectivity index (χ2v) is 2.57. The zero-order valence-electron chi connectivity index (χ0n) is 6.03. The van der Waals surface area contributed by atoms with Gasteiger partial charge in [-0.25, -0.2) is 0 Å². The lowest BCUT2D eigenvalue weighted by molar-refractivity contribution is -0.116. The van der Waals surface area contributed by atoms with Crippen molar-refractivity contribution in [3.8, 4) is 0 Å². The van der Waals surface area contributed by atoms with Gasteiger partial charge in [-0.05, 0) is 6.92 Å². The lowest BCUT2D eigenvalue weighted by atomic mass is 10.1. The summed E-state index contributed by atoms with van der Waals surface area (Å²) in [6, 6.07) is 0. The van der Waals surface area contributed by atoms with Crippen molar-refractivity contribution in [3.05, 3.63) is 18.0 Å². The SMILES string of the molecule is CC1C(=O)Nc2cnncc21. The van der Waals surface area contributed by atoms with Gasteiger partial charge in [0.25, 0.3) is 0 Å². The van der Waals surface area contributed by atoms with E-state index in [-0.39, 0.29) is 11.8 Å². The number of nitrogens with one attached hydrogen (secondary N) is 1. The van der Waals surface area contributed by atoms with Crippen LogP contribution in [0.2, 0.25) is 0 Å². The zero-order chi connectivity index (χ0) is 7.84. The van der Waals surface area contributed by atoms with Crippen LogP contribution in [0.5, 0.6) is 0 Å². The first-order valence-corrected chi connectivity index (χ1v) is 3.40. The molecule has 4 nitrogen and oxygen atoms in total. The first-order valence-electron chi connectivity index (χ1n) is 3.40. The van der Waals surface area contributed by atoms with Gasteiger partial charge in [-0.2, -0.15) is 10.2 Å². The van der Waals surface area contributed by atoms with Crippen molar-refractivity contribution < 1.29 is 4.79 Å². The first-order chi connectivity index (χ1) is 5.29. The molecular weight excluding hydrogens is 142 g/mol. The summed E-state index contributed by atoms with van der Waals surface area (Å²) < 4.78 is 0. The highest BCUT2D eigenvalue weighted by Gasteiger charge is 2.26. The van der Waals surface area contributed by atoms with E-state index in [1.165, 1.54) is 0 Å². The van der Waals surface area contributed by atoms with Crippen LogP contribution in [0.4, 0.5) is 5.69 Å². The fourth-order valence-corrected chi connectivity index (χ4v) is 1.16. The quantitative estimate of drug-likeness (QED) is 0.585. The maximum atomic E-state index is 11.1. The summed E-state index contributed by atoms with van der Waals surface area (Å²) in [7, 11) is 0. The van der Waals surface area contributed by atoms with E-state index in [1.807, 2.05) is 6.92 Å². The van der Waals surface area contributed by atoms with E-state index < -0.39 is 0 Å². The average molecular weight is 149 g/mol. The molecule has 1 amide bonds. The Morgan fingerprint density at radius 2 is 2.18 bits per heavy atom. The van der Waals surface area contributed by atoms with Crippen LogP contribution < -0.4 is 5.32 Å². The maximum absolute atomic E-state index is 11.1. The summed E-state index contributed by atoms with van der Waals surface area (Å²) in [6.45, 7) is 1.85. The number of amides is 1. The lowest BCUT2D eigenvalue weighted by Crippen LogP contribution is -2.08. The van der Waals surface area contributed by atoms with Gasteiger partial charge in [-0.1, -0.05) is 0 Å². The summed E-state index contributed by atoms with van der Waals surface area (Å²) in [6.07, 6.45) is 3.19. The minimum atomic E-state index is -0.0829. The Kier molecular flexibility index (Phi) is 1.15. The van der Waals surface area contributed by atoms with Crippen LogP contribution >= 0.6 is 0 Å². The Balaban J connectivity index is 2.55. The highest BCUT2D eigenvalue weighted by Crippen LogP contribution is 2.29. The topological polar surface area (TPSA) is 54.9 Å². The molecule has 1 N–H and O–H groups in total.